The van der Waals surface area contributed by atoms with E-state index in [0.717, 1.165) is 16.9 Å². The van der Waals surface area contributed by atoms with Gasteiger partial charge in [-0.3, -0.25) is 9.59 Å². The van der Waals surface area contributed by atoms with Crippen LogP contribution in [0.2, 0.25) is 5.02 Å². The molecule has 1 aliphatic rings. The molecule has 2 N–H and O–H groups in total. The van der Waals surface area contributed by atoms with Crippen LogP contribution in [0, 0.1) is 0 Å². The summed E-state index contributed by atoms with van der Waals surface area (Å²) in [5, 5.41) is 6.44. The van der Waals surface area contributed by atoms with Gasteiger partial charge >= 0.3 is 0 Å². The average molecular weight is 435 g/mol. The molecule has 3 aromatic rings. The Balaban J connectivity index is 1.50. The van der Waals surface area contributed by atoms with E-state index in [0.29, 0.717) is 23.6 Å². The second-order valence-corrected chi connectivity index (χ2v) is 7.82. The van der Waals surface area contributed by atoms with Crippen LogP contribution in [0.1, 0.15) is 46.4 Å². The smallest absolute Gasteiger partial charge is 0.253 e. The van der Waals surface area contributed by atoms with Gasteiger partial charge in [-0.2, -0.15) is 0 Å². The van der Waals surface area contributed by atoms with Crippen LogP contribution in [-0.2, 0) is 4.79 Å². The van der Waals surface area contributed by atoms with E-state index in [1.165, 1.54) is 0 Å². The van der Waals surface area contributed by atoms with Gasteiger partial charge in [0.25, 0.3) is 5.91 Å². The molecule has 3 aromatic carbocycles. The normalized spacial score (nSPS) is 15.8. The van der Waals surface area contributed by atoms with Crippen LogP contribution in [0.5, 0.6) is 5.75 Å². The first-order valence-corrected chi connectivity index (χ1v) is 10.6. The monoisotopic (exact) mass is 434 g/mol. The van der Waals surface area contributed by atoms with Gasteiger partial charge in [0.1, 0.15) is 5.75 Å². The van der Waals surface area contributed by atoms with Crippen LogP contribution in [0.25, 0.3) is 0 Å². The Hall–Kier alpha value is -3.31. The van der Waals surface area contributed by atoms with E-state index in [4.69, 9.17) is 16.3 Å². The van der Waals surface area contributed by atoms with E-state index in [1.807, 2.05) is 54.6 Å². The molecule has 0 bridgehead atoms. The maximum Gasteiger partial charge on any atom is 0.253 e. The number of halogens is 1. The molecular weight excluding hydrogens is 412 g/mol. The second kappa shape index (κ2) is 9.67. The summed E-state index contributed by atoms with van der Waals surface area (Å²) < 4.78 is 5.68. The Bertz CT molecular complexity index is 1070. The maximum atomic E-state index is 13.0. The van der Waals surface area contributed by atoms with Crippen molar-refractivity contribution in [2.45, 2.75) is 24.9 Å². The molecule has 0 spiro atoms. The molecule has 0 aliphatic carbocycles. The number of para-hydroxylation sites is 1. The summed E-state index contributed by atoms with van der Waals surface area (Å²) in [5.41, 5.74) is 2.20. The lowest BCUT2D eigenvalue weighted by Gasteiger charge is -2.27. The van der Waals surface area contributed by atoms with E-state index < -0.39 is 6.04 Å². The molecule has 0 saturated carbocycles. The quantitative estimate of drug-likeness (QED) is 0.583. The Morgan fingerprint density at radius 3 is 2.48 bits per heavy atom. The van der Waals surface area contributed by atoms with Crippen molar-refractivity contribution in [2.75, 3.05) is 6.61 Å². The lowest BCUT2D eigenvalue weighted by molar-refractivity contribution is -0.122. The predicted octanol–water partition coefficient (Wildman–Crippen LogP) is 4.84. The van der Waals surface area contributed by atoms with Crippen molar-refractivity contribution in [3.8, 4) is 5.75 Å². The van der Waals surface area contributed by atoms with Gasteiger partial charge in [0.15, 0.2) is 0 Å². The molecular formula is C25H23ClN2O3. The molecule has 2 amide bonds. The summed E-state index contributed by atoms with van der Waals surface area (Å²) in [4.78, 5) is 25.8. The van der Waals surface area contributed by atoms with Crippen molar-refractivity contribution in [1.82, 2.24) is 10.6 Å². The first-order chi connectivity index (χ1) is 15.1. The summed E-state index contributed by atoms with van der Waals surface area (Å²) in [6.07, 6.45) is 0.810. The zero-order chi connectivity index (χ0) is 21.6. The second-order valence-electron chi connectivity index (χ2n) is 7.42. The van der Waals surface area contributed by atoms with E-state index in [1.54, 1.807) is 24.3 Å². The molecule has 0 aromatic heterocycles. The van der Waals surface area contributed by atoms with Gasteiger partial charge in [-0.25, -0.2) is 0 Å². The molecule has 1 aliphatic heterocycles. The number of amides is 2. The zero-order valence-corrected chi connectivity index (χ0v) is 17.6. The van der Waals surface area contributed by atoms with Crippen molar-refractivity contribution in [2.24, 2.45) is 0 Å². The van der Waals surface area contributed by atoms with Crippen LogP contribution in [0.4, 0.5) is 0 Å². The number of carbonyl (C=O) groups excluding carboxylic acids is 2. The number of fused-ring (bicyclic) bond motifs is 1. The summed E-state index contributed by atoms with van der Waals surface area (Å²) >= 11 is 6.18. The highest BCUT2D eigenvalue weighted by Gasteiger charge is 2.25. The molecule has 0 fully saturated rings. The average Bonchev–Trinajstić information content (AvgIpc) is 2.80. The Kier molecular flexibility index (Phi) is 6.53. The molecule has 1 heterocycles. The van der Waals surface area contributed by atoms with Gasteiger partial charge in [-0.05, 0) is 23.8 Å². The number of carbonyl (C=O) groups is 2. The highest BCUT2D eigenvalue weighted by Crippen LogP contribution is 2.32. The van der Waals surface area contributed by atoms with E-state index in [2.05, 4.69) is 10.6 Å². The molecule has 31 heavy (non-hydrogen) atoms. The molecule has 2 atom stereocenters. The Labute approximate surface area is 186 Å². The standard InChI is InChI=1S/C25H23ClN2O3/c26-20-12-6-4-10-18(20)25(30)28-22(17-8-2-1-3-9-17)16-24(29)27-21-14-15-31-23-13-7-5-11-19(21)23/h1-13,21-22H,14-16H2,(H,27,29)(H,28,30). The number of hydrogen-bond acceptors (Lipinski definition) is 3. The zero-order valence-electron chi connectivity index (χ0n) is 16.9. The summed E-state index contributed by atoms with van der Waals surface area (Å²) in [5.74, 6) is 0.337. The van der Waals surface area contributed by atoms with Gasteiger partial charge in [-0.1, -0.05) is 72.3 Å². The van der Waals surface area contributed by atoms with Gasteiger partial charge in [0, 0.05) is 12.0 Å². The largest absolute Gasteiger partial charge is 0.493 e. The third kappa shape index (κ3) is 5.06. The molecule has 0 radical (unpaired) electrons. The lowest BCUT2D eigenvalue weighted by atomic mass is 9.99. The fourth-order valence-electron chi connectivity index (χ4n) is 3.75. The van der Waals surface area contributed by atoms with Crippen LogP contribution in [0.3, 0.4) is 0 Å². The van der Waals surface area contributed by atoms with Crippen LogP contribution < -0.4 is 15.4 Å². The highest BCUT2D eigenvalue weighted by molar-refractivity contribution is 6.33. The molecule has 158 valence electrons. The molecule has 6 heteroatoms. The summed E-state index contributed by atoms with van der Waals surface area (Å²) in [6.45, 7) is 0.549. The van der Waals surface area contributed by atoms with Crippen LogP contribution in [-0.4, -0.2) is 18.4 Å². The fourth-order valence-corrected chi connectivity index (χ4v) is 3.97. The maximum absolute atomic E-state index is 13.0. The third-order valence-electron chi connectivity index (χ3n) is 5.31. The van der Waals surface area contributed by atoms with Crippen LogP contribution >= 0.6 is 11.6 Å². The van der Waals surface area contributed by atoms with Gasteiger partial charge < -0.3 is 15.4 Å². The van der Waals surface area contributed by atoms with E-state index >= 15 is 0 Å². The van der Waals surface area contributed by atoms with Crippen LogP contribution in [0.15, 0.2) is 78.9 Å². The molecule has 2 unspecified atom stereocenters. The molecule has 4 rings (SSSR count). The fraction of sp³-hybridized carbons (Fsp3) is 0.200. The van der Waals surface area contributed by atoms with Crippen molar-refractivity contribution in [3.05, 3.63) is 101 Å². The van der Waals surface area contributed by atoms with Gasteiger partial charge in [0.05, 0.1) is 35.7 Å². The third-order valence-corrected chi connectivity index (χ3v) is 5.64. The Morgan fingerprint density at radius 1 is 0.968 bits per heavy atom. The van der Waals surface area contributed by atoms with Crippen molar-refractivity contribution >= 4 is 23.4 Å². The highest BCUT2D eigenvalue weighted by atomic mass is 35.5. The van der Waals surface area contributed by atoms with Crippen molar-refractivity contribution in [1.29, 1.82) is 0 Å². The number of nitrogens with one attached hydrogen (secondary N) is 2. The number of benzene rings is 3. The van der Waals surface area contributed by atoms with Crippen molar-refractivity contribution in [3.63, 3.8) is 0 Å². The number of ether oxygens (including phenoxy) is 1. The first-order valence-electron chi connectivity index (χ1n) is 10.2. The number of rotatable bonds is 6. The topological polar surface area (TPSA) is 67.4 Å². The first kappa shape index (κ1) is 20.9. The van der Waals surface area contributed by atoms with Gasteiger partial charge in [-0.15, -0.1) is 0 Å². The predicted molar refractivity (Wildman–Crippen MR) is 120 cm³/mol. The summed E-state index contributed by atoms with van der Waals surface area (Å²) in [6, 6.07) is 23.4. The lowest BCUT2D eigenvalue weighted by Crippen LogP contribution is -2.36. The Morgan fingerprint density at radius 2 is 1.68 bits per heavy atom. The number of hydrogen-bond donors (Lipinski definition) is 2. The SMILES string of the molecule is O=C(CC(NC(=O)c1ccccc1Cl)c1ccccc1)NC1CCOc2ccccc21. The molecule has 0 saturated heterocycles. The minimum Gasteiger partial charge on any atom is -0.493 e. The van der Waals surface area contributed by atoms with Gasteiger partial charge in [0.2, 0.25) is 5.91 Å². The minimum atomic E-state index is -0.486. The van der Waals surface area contributed by atoms with Crippen molar-refractivity contribution < 1.29 is 14.3 Å². The van der Waals surface area contributed by atoms with E-state index in [9.17, 15) is 9.59 Å². The molecule has 5 nitrogen and oxygen atoms in total. The summed E-state index contributed by atoms with van der Waals surface area (Å²) in [7, 11) is 0. The van der Waals surface area contributed by atoms with E-state index in [-0.39, 0.29) is 24.3 Å². The minimum absolute atomic E-state index is 0.111.